The summed E-state index contributed by atoms with van der Waals surface area (Å²) in [5, 5.41) is 36.6. The van der Waals surface area contributed by atoms with Crippen LogP contribution in [0.2, 0.25) is 0 Å². The Balaban J connectivity index is 1.52. The number of rotatable bonds is 6. The Bertz CT molecular complexity index is 1240. The second-order valence-electron chi connectivity index (χ2n) is 10.5. The zero-order valence-corrected chi connectivity index (χ0v) is 21.3. The number of nitrogens with one attached hydrogen (secondary N) is 3. The third kappa shape index (κ3) is 4.89. The molecule has 0 saturated carbocycles. The van der Waals surface area contributed by atoms with E-state index in [1.54, 1.807) is 0 Å². The van der Waals surface area contributed by atoms with Crippen LogP contribution in [-0.2, 0) is 6.54 Å². The van der Waals surface area contributed by atoms with E-state index in [0.717, 1.165) is 80.1 Å². The van der Waals surface area contributed by atoms with E-state index < -0.39 is 5.92 Å². The topological polar surface area (TPSA) is 114 Å². The molecule has 8 heteroatoms. The minimum Gasteiger partial charge on any atom is -0.368 e. The van der Waals surface area contributed by atoms with Crippen molar-refractivity contribution in [1.82, 2.24) is 20.4 Å². The molecule has 1 aromatic carbocycles. The van der Waals surface area contributed by atoms with Crippen LogP contribution in [0.1, 0.15) is 51.0 Å². The first-order valence-corrected chi connectivity index (χ1v) is 13.3. The predicted molar refractivity (Wildman–Crippen MR) is 143 cm³/mol. The number of piperidine rings is 2. The summed E-state index contributed by atoms with van der Waals surface area (Å²) < 4.78 is 2.17. The number of allylic oxidation sites excluding steroid dienone is 2. The Morgan fingerprint density at radius 1 is 1.03 bits per heavy atom. The fourth-order valence-corrected chi connectivity index (χ4v) is 6.00. The van der Waals surface area contributed by atoms with E-state index >= 15 is 0 Å². The maximum Gasteiger partial charge on any atom is 0.155 e. The molecule has 2 aromatic rings. The number of hydrogen-bond donors (Lipinski definition) is 3. The minimum atomic E-state index is -0.447. The number of hydrogen-bond acceptors (Lipinski definition) is 7. The first-order valence-electron chi connectivity index (χ1n) is 13.3. The smallest absolute Gasteiger partial charge is 0.155 e. The van der Waals surface area contributed by atoms with Crippen molar-refractivity contribution in [2.75, 3.05) is 38.0 Å². The van der Waals surface area contributed by atoms with Crippen LogP contribution in [0.25, 0.3) is 10.9 Å². The van der Waals surface area contributed by atoms with Crippen molar-refractivity contribution >= 4 is 22.4 Å². The van der Waals surface area contributed by atoms with E-state index in [1.165, 1.54) is 12.8 Å². The van der Waals surface area contributed by atoms with Gasteiger partial charge in [0.25, 0.3) is 0 Å². The second-order valence-corrected chi connectivity index (χ2v) is 10.5. The normalized spacial score (nSPS) is 23.8. The number of fused-ring (bicyclic) bond motifs is 1. The molecular formula is C28H36N8. The highest BCUT2D eigenvalue weighted by Gasteiger charge is 2.34. The summed E-state index contributed by atoms with van der Waals surface area (Å²) in [4.78, 5) is 4.51. The summed E-state index contributed by atoms with van der Waals surface area (Å²) in [5.74, 6) is 1.40. The molecule has 2 fully saturated rings. The van der Waals surface area contributed by atoms with Gasteiger partial charge >= 0.3 is 0 Å². The SMILES string of the molecule is CC1=NC(C)=C(C#N)C(c2ccc3c(c2)c(NCC2CCNCC2)nn3CC2CCNCC2)C1C#N. The van der Waals surface area contributed by atoms with E-state index in [9.17, 15) is 10.5 Å². The Hall–Kier alpha value is -3.20. The number of anilines is 1. The zero-order valence-electron chi connectivity index (χ0n) is 21.3. The Morgan fingerprint density at radius 2 is 1.72 bits per heavy atom. The molecule has 3 aliphatic heterocycles. The van der Waals surface area contributed by atoms with Crippen molar-refractivity contribution in [1.29, 1.82) is 10.5 Å². The average Bonchev–Trinajstić information content (AvgIpc) is 3.24. The highest BCUT2D eigenvalue weighted by Crippen LogP contribution is 2.40. The van der Waals surface area contributed by atoms with E-state index in [2.05, 4.69) is 56.0 Å². The fraction of sp³-hybridized carbons (Fsp3) is 0.571. The molecule has 3 aliphatic rings. The summed E-state index contributed by atoms with van der Waals surface area (Å²) >= 11 is 0. The highest BCUT2D eigenvalue weighted by atomic mass is 15.3. The van der Waals surface area contributed by atoms with Gasteiger partial charge in [0.2, 0.25) is 0 Å². The van der Waals surface area contributed by atoms with Gasteiger partial charge in [0, 0.05) is 30.1 Å². The number of aromatic nitrogens is 2. The average molecular weight is 485 g/mol. The van der Waals surface area contributed by atoms with Gasteiger partial charge in [0.15, 0.2) is 5.82 Å². The van der Waals surface area contributed by atoms with Crippen molar-refractivity contribution < 1.29 is 0 Å². The molecule has 8 nitrogen and oxygen atoms in total. The van der Waals surface area contributed by atoms with E-state index in [1.807, 2.05) is 13.8 Å². The molecule has 0 spiro atoms. The molecule has 2 saturated heterocycles. The van der Waals surface area contributed by atoms with Crippen LogP contribution < -0.4 is 16.0 Å². The number of nitrogens with zero attached hydrogens (tertiary/aromatic N) is 5. The Kier molecular flexibility index (Phi) is 7.36. The van der Waals surface area contributed by atoms with E-state index in [-0.39, 0.29) is 5.92 Å². The lowest BCUT2D eigenvalue weighted by Crippen LogP contribution is -2.31. The third-order valence-electron chi connectivity index (χ3n) is 8.13. The van der Waals surface area contributed by atoms with Crippen LogP contribution in [0, 0.1) is 40.4 Å². The lowest BCUT2D eigenvalue weighted by molar-refractivity contribution is 0.325. The molecule has 0 amide bonds. The molecule has 5 rings (SSSR count). The standard InChI is InChI=1S/C28H36N8/c1-18-24(14-29)27(25(15-30)19(2)34-18)22-3-4-26-23(13-22)28(33-16-20-5-9-31-10-6-20)35-36(26)17-21-7-11-32-12-8-21/h3-4,13,20-21,24,27,31-32H,5-12,16-17H2,1-2H3,(H,33,35). The monoisotopic (exact) mass is 484 g/mol. The number of aliphatic imine (C=N–C) groups is 1. The van der Waals surface area contributed by atoms with Crippen molar-refractivity contribution in [2.45, 2.75) is 52.0 Å². The van der Waals surface area contributed by atoms with Crippen LogP contribution in [0.4, 0.5) is 5.82 Å². The third-order valence-corrected chi connectivity index (χ3v) is 8.13. The van der Waals surface area contributed by atoms with Gasteiger partial charge in [-0.05, 0) is 95.2 Å². The molecule has 4 heterocycles. The molecule has 188 valence electrons. The molecule has 36 heavy (non-hydrogen) atoms. The summed E-state index contributed by atoms with van der Waals surface area (Å²) in [7, 11) is 0. The molecule has 2 atom stereocenters. The number of nitriles is 2. The highest BCUT2D eigenvalue weighted by molar-refractivity contribution is 5.93. The van der Waals surface area contributed by atoms with Crippen LogP contribution >= 0.6 is 0 Å². The number of benzene rings is 1. The van der Waals surface area contributed by atoms with Crippen LogP contribution in [0.15, 0.2) is 34.5 Å². The van der Waals surface area contributed by atoms with E-state index in [4.69, 9.17) is 5.10 Å². The van der Waals surface area contributed by atoms with E-state index in [0.29, 0.717) is 23.1 Å². The molecule has 0 bridgehead atoms. The van der Waals surface area contributed by atoms with Gasteiger partial charge < -0.3 is 16.0 Å². The second kappa shape index (κ2) is 10.8. The molecular weight excluding hydrogens is 448 g/mol. The minimum absolute atomic E-state index is 0.313. The van der Waals surface area contributed by atoms with Crippen molar-refractivity contribution in [2.24, 2.45) is 22.7 Å². The summed E-state index contributed by atoms with van der Waals surface area (Å²) in [6, 6.07) is 11.1. The summed E-state index contributed by atoms with van der Waals surface area (Å²) in [6.45, 7) is 9.84. The van der Waals surface area contributed by atoms with Gasteiger partial charge in [-0.3, -0.25) is 9.67 Å². The maximum atomic E-state index is 9.97. The molecule has 0 aliphatic carbocycles. The lowest BCUT2D eigenvalue weighted by atomic mass is 9.76. The molecule has 1 aromatic heterocycles. The van der Waals surface area contributed by atoms with Gasteiger partial charge in [-0.1, -0.05) is 6.07 Å². The molecule has 0 radical (unpaired) electrons. The van der Waals surface area contributed by atoms with Gasteiger partial charge in [0.1, 0.15) is 0 Å². The molecule has 3 N–H and O–H groups in total. The van der Waals surface area contributed by atoms with Crippen molar-refractivity contribution in [3.8, 4) is 12.1 Å². The maximum absolute atomic E-state index is 9.97. The summed E-state index contributed by atoms with van der Waals surface area (Å²) in [6.07, 6.45) is 4.67. The first kappa shape index (κ1) is 24.5. The Labute approximate surface area is 213 Å². The van der Waals surface area contributed by atoms with Gasteiger partial charge in [-0.15, -0.1) is 0 Å². The summed E-state index contributed by atoms with van der Waals surface area (Å²) in [5.41, 5.74) is 4.14. The first-order chi connectivity index (χ1) is 17.6. The van der Waals surface area contributed by atoms with Gasteiger partial charge in [-0.2, -0.15) is 15.6 Å². The van der Waals surface area contributed by atoms with Gasteiger partial charge in [-0.25, -0.2) is 0 Å². The van der Waals surface area contributed by atoms with Crippen LogP contribution in [-0.4, -0.2) is 48.2 Å². The largest absolute Gasteiger partial charge is 0.368 e. The van der Waals surface area contributed by atoms with Gasteiger partial charge in [0.05, 0.1) is 34.8 Å². The van der Waals surface area contributed by atoms with Crippen molar-refractivity contribution in [3.63, 3.8) is 0 Å². The fourth-order valence-electron chi connectivity index (χ4n) is 6.00. The predicted octanol–water partition coefficient (Wildman–Crippen LogP) is 3.94. The van der Waals surface area contributed by atoms with Crippen molar-refractivity contribution in [3.05, 3.63) is 35.0 Å². The molecule has 2 unspecified atom stereocenters. The lowest BCUT2D eigenvalue weighted by Gasteiger charge is -2.27. The van der Waals surface area contributed by atoms with Crippen LogP contribution in [0.3, 0.4) is 0 Å². The Morgan fingerprint density at radius 3 is 2.39 bits per heavy atom. The zero-order chi connectivity index (χ0) is 25.1. The quantitative estimate of drug-likeness (QED) is 0.572. The van der Waals surface area contributed by atoms with Crippen LogP contribution in [0.5, 0.6) is 0 Å².